The number of carbonyl (C=O) groups excluding carboxylic acids is 1. The van der Waals surface area contributed by atoms with Crippen LogP contribution in [-0.4, -0.2) is 39.5 Å². The first-order valence-corrected chi connectivity index (χ1v) is 10.3. The van der Waals surface area contributed by atoms with Crippen molar-refractivity contribution in [3.8, 4) is 0 Å². The lowest BCUT2D eigenvalue weighted by molar-refractivity contribution is 0.0925. The number of amides is 1. The standard InChI is InChI=1S/C21H26N4O3/c26-20(22-15-5-2-1-3-6-15)18-13-25-10-14-9-24(11-16-7-4-8-28-16)12-17(14)19(25)23-21(18)27/h4,7-8,13-15,17H,1-3,5-6,9-12H2,(H,22,26). The molecule has 1 N–H and O–H groups in total. The number of furan rings is 1. The zero-order valence-corrected chi connectivity index (χ0v) is 16.0. The van der Waals surface area contributed by atoms with E-state index in [1.165, 1.54) is 6.42 Å². The number of likely N-dealkylation sites (tertiary alicyclic amines) is 1. The molecule has 5 rings (SSSR count). The van der Waals surface area contributed by atoms with Crippen LogP contribution in [0.4, 0.5) is 0 Å². The third-order valence-electron chi connectivity index (χ3n) is 6.45. The van der Waals surface area contributed by atoms with Crippen LogP contribution in [0.2, 0.25) is 0 Å². The molecule has 4 heterocycles. The molecule has 1 aliphatic carbocycles. The lowest BCUT2D eigenvalue weighted by Gasteiger charge is -2.22. The Labute approximate surface area is 163 Å². The van der Waals surface area contributed by atoms with E-state index >= 15 is 0 Å². The predicted octanol–water partition coefficient (Wildman–Crippen LogP) is 2.13. The van der Waals surface area contributed by atoms with Crippen molar-refractivity contribution in [2.75, 3.05) is 13.1 Å². The number of carbonyl (C=O) groups is 1. The topological polar surface area (TPSA) is 80.4 Å². The Morgan fingerprint density at radius 3 is 2.86 bits per heavy atom. The number of rotatable bonds is 4. The van der Waals surface area contributed by atoms with Crippen LogP contribution in [0.3, 0.4) is 0 Å². The van der Waals surface area contributed by atoms with Gasteiger partial charge in [-0.1, -0.05) is 19.3 Å². The maximum Gasteiger partial charge on any atom is 0.285 e. The van der Waals surface area contributed by atoms with E-state index in [4.69, 9.17) is 4.42 Å². The molecule has 1 amide bonds. The monoisotopic (exact) mass is 382 g/mol. The second-order valence-electron chi connectivity index (χ2n) is 8.42. The van der Waals surface area contributed by atoms with Crippen molar-refractivity contribution >= 4 is 5.91 Å². The minimum Gasteiger partial charge on any atom is -0.468 e. The van der Waals surface area contributed by atoms with Gasteiger partial charge in [0.25, 0.3) is 11.5 Å². The van der Waals surface area contributed by atoms with E-state index in [2.05, 4.69) is 15.2 Å². The summed E-state index contributed by atoms with van der Waals surface area (Å²) >= 11 is 0. The van der Waals surface area contributed by atoms with Crippen LogP contribution in [0, 0.1) is 5.92 Å². The number of nitrogens with zero attached hydrogens (tertiary/aromatic N) is 3. The van der Waals surface area contributed by atoms with Gasteiger partial charge in [0.2, 0.25) is 0 Å². The molecule has 2 atom stereocenters. The summed E-state index contributed by atoms with van der Waals surface area (Å²) in [5, 5.41) is 3.04. The van der Waals surface area contributed by atoms with Gasteiger partial charge in [0.15, 0.2) is 0 Å². The maximum absolute atomic E-state index is 12.6. The molecule has 28 heavy (non-hydrogen) atoms. The second-order valence-corrected chi connectivity index (χ2v) is 8.42. The highest BCUT2D eigenvalue weighted by molar-refractivity contribution is 5.93. The third-order valence-corrected chi connectivity index (χ3v) is 6.45. The van der Waals surface area contributed by atoms with E-state index in [-0.39, 0.29) is 23.4 Å². The molecule has 2 aromatic rings. The Balaban J connectivity index is 1.30. The lowest BCUT2D eigenvalue weighted by Crippen LogP contribution is -2.39. The Bertz CT molecular complexity index is 914. The first-order chi connectivity index (χ1) is 13.7. The Hall–Kier alpha value is -2.41. The Morgan fingerprint density at radius 2 is 2.07 bits per heavy atom. The molecule has 2 unspecified atom stereocenters. The molecule has 3 aliphatic rings. The Morgan fingerprint density at radius 1 is 1.21 bits per heavy atom. The van der Waals surface area contributed by atoms with Crippen molar-refractivity contribution in [2.24, 2.45) is 5.92 Å². The number of aromatic nitrogens is 2. The molecule has 2 fully saturated rings. The van der Waals surface area contributed by atoms with Crippen LogP contribution in [-0.2, 0) is 13.1 Å². The molecular weight excluding hydrogens is 356 g/mol. The highest BCUT2D eigenvalue weighted by Gasteiger charge is 2.41. The van der Waals surface area contributed by atoms with Gasteiger partial charge in [-0.2, -0.15) is 4.98 Å². The minimum atomic E-state index is -0.398. The molecule has 0 radical (unpaired) electrons. The van der Waals surface area contributed by atoms with Gasteiger partial charge in [-0.15, -0.1) is 0 Å². The summed E-state index contributed by atoms with van der Waals surface area (Å²) in [5.74, 6) is 2.19. The fourth-order valence-corrected chi connectivity index (χ4v) is 5.06. The summed E-state index contributed by atoms with van der Waals surface area (Å²) in [6.07, 6.45) is 8.95. The van der Waals surface area contributed by atoms with Crippen LogP contribution < -0.4 is 10.9 Å². The maximum atomic E-state index is 12.6. The average molecular weight is 382 g/mol. The summed E-state index contributed by atoms with van der Waals surface area (Å²) in [6.45, 7) is 3.41. The van der Waals surface area contributed by atoms with E-state index in [9.17, 15) is 9.59 Å². The van der Waals surface area contributed by atoms with Gasteiger partial charge < -0.3 is 14.3 Å². The van der Waals surface area contributed by atoms with Crippen molar-refractivity contribution in [1.29, 1.82) is 0 Å². The summed E-state index contributed by atoms with van der Waals surface area (Å²) in [7, 11) is 0. The van der Waals surface area contributed by atoms with Crippen LogP contribution in [0.25, 0.3) is 0 Å². The van der Waals surface area contributed by atoms with Gasteiger partial charge in [0.05, 0.1) is 12.8 Å². The minimum absolute atomic E-state index is 0.182. The summed E-state index contributed by atoms with van der Waals surface area (Å²) in [5.41, 5.74) is -0.216. The molecule has 2 aromatic heterocycles. The quantitative estimate of drug-likeness (QED) is 0.876. The molecule has 1 saturated carbocycles. The molecule has 0 aromatic carbocycles. The normalized spacial score (nSPS) is 24.9. The number of hydrogen-bond acceptors (Lipinski definition) is 5. The summed E-state index contributed by atoms with van der Waals surface area (Å²) < 4.78 is 7.48. The summed E-state index contributed by atoms with van der Waals surface area (Å²) in [4.78, 5) is 31.9. The average Bonchev–Trinajstić information content (AvgIpc) is 3.39. The molecule has 0 spiro atoms. The smallest absolute Gasteiger partial charge is 0.285 e. The largest absolute Gasteiger partial charge is 0.468 e. The van der Waals surface area contributed by atoms with Gasteiger partial charge >= 0.3 is 0 Å². The predicted molar refractivity (Wildman–Crippen MR) is 103 cm³/mol. The molecule has 2 aliphatic heterocycles. The van der Waals surface area contributed by atoms with Crippen LogP contribution in [0.1, 0.15) is 60.0 Å². The lowest BCUT2D eigenvalue weighted by atomic mass is 9.95. The van der Waals surface area contributed by atoms with Gasteiger partial charge in [0.1, 0.15) is 17.1 Å². The summed E-state index contributed by atoms with van der Waals surface area (Å²) in [6, 6.07) is 4.08. The first-order valence-electron chi connectivity index (χ1n) is 10.3. The van der Waals surface area contributed by atoms with Crippen molar-refractivity contribution in [3.63, 3.8) is 0 Å². The van der Waals surface area contributed by atoms with Gasteiger partial charge in [-0.25, -0.2) is 0 Å². The van der Waals surface area contributed by atoms with E-state index in [0.717, 1.165) is 63.4 Å². The van der Waals surface area contributed by atoms with E-state index < -0.39 is 5.56 Å². The molecule has 148 valence electrons. The second kappa shape index (κ2) is 7.20. The zero-order valence-electron chi connectivity index (χ0n) is 16.0. The van der Waals surface area contributed by atoms with Crippen LogP contribution in [0.15, 0.2) is 33.8 Å². The van der Waals surface area contributed by atoms with E-state index in [1.54, 1.807) is 12.5 Å². The van der Waals surface area contributed by atoms with Crippen molar-refractivity contribution in [3.05, 3.63) is 52.1 Å². The highest BCUT2D eigenvalue weighted by atomic mass is 16.3. The van der Waals surface area contributed by atoms with Crippen LogP contribution >= 0.6 is 0 Å². The Kier molecular flexibility index (Phi) is 4.55. The van der Waals surface area contributed by atoms with Crippen molar-refractivity contribution in [1.82, 2.24) is 19.8 Å². The van der Waals surface area contributed by atoms with E-state index in [0.29, 0.717) is 5.92 Å². The SMILES string of the molecule is O=C(NC1CCCCC1)c1cn2c(nc1=O)C1CN(Cc3ccco3)CC1C2. The molecule has 1 saturated heterocycles. The van der Waals surface area contributed by atoms with Gasteiger partial charge in [-0.05, 0) is 25.0 Å². The molecular formula is C21H26N4O3. The number of hydrogen-bond donors (Lipinski definition) is 1. The van der Waals surface area contributed by atoms with Gasteiger partial charge in [0, 0.05) is 43.7 Å². The molecule has 0 bridgehead atoms. The third kappa shape index (κ3) is 3.28. The molecule has 7 heteroatoms. The first kappa shape index (κ1) is 17.7. The number of fused-ring (bicyclic) bond motifs is 3. The molecule has 7 nitrogen and oxygen atoms in total. The van der Waals surface area contributed by atoms with Crippen molar-refractivity contribution < 1.29 is 9.21 Å². The van der Waals surface area contributed by atoms with Gasteiger partial charge in [-0.3, -0.25) is 14.5 Å². The fourth-order valence-electron chi connectivity index (χ4n) is 5.06. The van der Waals surface area contributed by atoms with E-state index in [1.807, 2.05) is 16.7 Å². The number of nitrogens with one attached hydrogen (secondary N) is 1. The zero-order chi connectivity index (χ0) is 19.1. The fraction of sp³-hybridized carbons (Fsp3) is 0.571. The highest BCUT2D eigenvalue weighted by Crippen LogP contribution is 2.38. The van der Waals surface area contributed by atoms with Crippen LogP contribution in [0.5, 0.6) is 0 Å². The van der Waals surface area contributed by atoms with Crippen molar-refractivity contribution in [2.45, 2.75) is 57.2 Å².